The zero-order chi connectivity index (χ0) is 13.9. The molecule has 106 valence electrons. The van der Waals surface area contributed by atoms with Crippen molar-refractivity contribution in [3.05, 3.63) is 57.8 Å². The Morgan fingerprint density at radius 3 is 2.25 bits per heavy atom. The highest BCUT2D eigenvalue weighted by atomic mass is 32.1. The van der Waals surface area contributed by atoms with E-state index < -0.39 is 0 Å². The summed E-state index contributed by atoms with van der Waals surface area (Å²) in [7, 11) is 0. The van der Waals surface area contributed by atoms with E-state index in [1.807, 2.05) is 0 Å². The molecule has 0 saturated heterocycles. The lowest BCUT2D eigenvalue weighted by atomic mass is 10.0. The van der Waals surface area contributed by atoms with Crippen LogP contribution in [-0.4, -0.2) is 24.0 Å². The van der Waals surface area contributed by atoms with E-state index in [0.29, 0.717) is 6.04 Å². The summed E-state index contributed by atoms with van der Waals surface area (Å²) in [5, 5.41) is 4.39. The number of rotatable bonds is 3. The summed E-state index contributed by atoms with van der Waals surface area (Å²) in [4.78, 5) is 2.56. The van der Waals surface area contributed by atoms with Crippen LogP contribution in [0.5, 0.6) is 0 Å². The van der Waals surface area contributed by atoms with Crippen molar-refractivity contribution in [3.8, 4) is 0 Å². The van der Waals surface area contributed by atoms with Gasteiger partial charge in [0.15, 0.2) is 0 Å². The molecule has 20 heavy (non-hydrogen) atoms. The van der Waals surface area contributed by atoms with Gasteiger partial charge in [-0.2, -0.15) is 11.3 Å². The first-order chi connectivity index (χ1) is 9.75. The third-order valence-corrected chi connectivity index (χ3v) is 4.93. The molecule has 0 radical (unpaired) electrons. The molecule has 0 spiro atoms. The first-order valence-corrected chi connectivity index (χ1v) is 8.28. The first-order valence-electron chi connectivity index (χ1n) is 7.34. The smallest absolute Gasteiger partial charge is 0.0504 e. The Hall–Kier alpha value is -1.16. The molecule has 2 nitrogen and oxygen atoms in total. The van der Waals surface area contributed by atoms with E-state index in [4.69, 9.17) is 5.73 Å². The summed E-state index contributed by atoms with van der Waals surface area (Å²) in [6, 6.07) is 11.6. The summed E-state index contributed by atoms with van der Waals surface area (Å²) in [5.74, 6) is 0. The van der Waals surface area contributed by atoms with Crippen LogP contribution in [0.3, 0.4) is 0 Å². The van der Waals surface area contributed by atoms with Crippen molar-refractivity contribution in [2.45, 2.75) is 31.8 Å². The van der Waals surface area contributed by atoms with Crippen LogP contribution in [-0.2, 0) is 12.8 Å². The van der Waals surface area contributed by atoms with E-state index in [0.717, 1.165) is 25.9 Å². The molecule has 2 heterocycles. The van der Waals surface area contributed by atoms with Gasteiger partial charge in [-0.1, -0.05) is 24.3 Å². The van der Waals surface area contributed by atoms with Crippen molar-refractivity contribution in [3.63, 3.8) is 0 Å². The number of hydrogen-bond donors (Lipinski definition) is 1. The Bertz CT molecular complexity index is 521. The van der Waals surface area contributed by atoms with Gasteiger partial charge in [-0.3, -0.25) is 4.90 Å². The fraction of sp³-hybridized carbons (Fsp3) is 0.412. The third kappa shape index (κ3) is 2.80. The van der Waals surface area contributed by atoms with Crippen LogP contribution >= 0.6 is 11.3 Å². The van der Waals surface area contributed by atoms with Crippen LogP contribution in [0.25, 0.3) is 0 Å². The lowest BCUT2D eigenvalue weighted by molar-refractivity contribution is 0.185. The number of fused-ring (bicyclic) bond motifs is 1. The maximum atomic E-state index is 6.28. The molecule has 0 saturated carbocycles. The van der Waals surface area contributed by atoms with Crippen molar-refractivity contribution in [2.24, 2.45) is 5.73 Å². The topological polar surface area (TPSA) is 29.3 Å². The Morgan fingerprint density at radius 2 is 1.75 bits per heavy atom. The van der Waals surface area contributed by atoms with E-state index in [-0.39, 0.29) is 6.04 Å². The van der Waals surface area contributed by atoms with Crippen molar-refractivity contribution < 1.29 is 0 Å². The average Bonchev–Trinajstić information content (AvgIpc) is 2.87. The molecule has 2 atom stereocenters. The van der Waals surface area contributed by atoms with Gasteiger partial charge in [-0.25, -0.2) is 0 Å². The summed E-state index contributed by atoms with van der Waals surface area (Å²) < 4.78 is 0. The molecule has 2 aromatic rings. The van der Waals surface area contributed by atoms with E-state index in [1.165, 1.54) is 16.7 Å². The van der Waals surface area contributed by atoms with Crippen LogP contribution in [0.2, 0.25) is 0 Å². The minimum Gasteiger partial charge on any atom is -0.326 e. The second-order valence-electron chi connectivity index (χ2n) is 5.67. The van der Waals surface area contributed by atoms with Crippen LogP contribution < -0.4 is 5.73 Å². The number of thiophene rings is 1. The maximum absolute atomic E-state index is 6.28. The lowest BCUT2D eigenvalue weighted by Gasteiger charge is -2.33. The number of hydrogen-bond acceptors (Lipinski definition) is 3. The number of benzene rings is 1. The fourth-order valence-electron chi connectivity index (χ4n) is 3.25. The normalized spacial score (nSPS) is 19.1. The van der Waals surface area contributed by atoms with Gasteiger partial charge >= 0.3 is 0 Å². The van der Waals surface area contributed by atoms with Crippen LogP contribution in [0.4, 0.5) is 0 Å². The van der Waals surface area contributed by atoms with Gasteiger partial charge in [-0.15, -0.1) is 0 Å². The maximum Gasteiger partial charge on any atom is 0.0504 e. The van der Waals surface area contributed by atoms with E-state index in [1.54, 1.807) is 11.3 Å². The zero-order valence-corrected chi connectivity index (χ0v) is 12.8. The summed E-state index contributed by atoms with van der Waals surface area (Å²) in [6.07, 6.45) is 2.26. The van der Waals surface area contributed by atoms with Gasteiger partial charge in [0.1, 0.15) is 0 Å². The Balaban J connectivity index is 1.81. The molecule has 2 unspecified atom stereocenters. The molecule has 2 N–H and O–H groups in total. The molecule has 1 aliphatic rings. The summed E-state index contributed by atoms with van der Waals surface area (Å²) in [5.41, 5.74) is 10.7. The molecular weight excluding hydrogens is 264 g/mol. The van der Waals surface area contributed by atoms with Gasteiger partial charge in [0.2, 0.25) is 0 Å². The second-order valence-corrected chi connectivity index (χ2v) is 6.45. The Morgan fingerprint density at radius 1 is 1.10 bits per heavy atom. The monoisotopic (exact) mass is 286 g/mol. The molecule has 0 fully saturated rings. The molecule has 0 amide bonds. The lowest BCUT2D eigenvalue weighted by Crippen LogP contribution is -2.40. The van der Waals surface area contributed by atoms with Crippen LogP contribution in [0, 0.1) is 0 Å². The molecule has 1 aromatic heterocycles. The van der Waals surface area contributed by atoms with Crippen LogP contribution in [0.15, 0.2) is 41.1 Å². The molecule has 3 rings (SSSR count). The molecule has 1 aromatic carbocycles. The molecule has 1 aliphatic heterocycles. The Labute approximate surface area is 125 Å². The highest BCUT2D eigenvalue weighted by Gasteiger charge is 2.26. The minimum atomic E-state index is 0.158. The van der Waals surface area contributed by atoms with E-state index in [2.05, 4.69) is 52.9 Å². The molecule has 3 heteroatoms. The quantitative estimate of drug-likeness (QED) is 0.938. The molecule has 0 aliphatic carbocycles. The first kappa shape index (κ1) is 13.8. The van der Waals surface area contributed by atoms with Crippen molar-refractivity contribution >= 4 is 11.3 Å². The standard InChI is InChI=1S/C17H22N2S/c1-13(18)17(16-8-11-20-12-16)19-9-6-14-4-2-3-5-15(14)7-10-19/h2-5,8,11-13,17H,6-7,9-10,18H2,1H3. The number of nitrogens with two attached hydrogens (primary N) is 1. The van der Waals surface area contributed by atoms with Gasteiger partial charge in [0.05, 0.1) is 6.04 Å². The Kier molecular flexibility index (Phi) is 4.20. The third-order valence-electron chi connectivity index (χ3n) is 4.23. The van der Waals surface area contributed by atoms with Crippen LogP contribution in [0.1, 0.15) is 29.7 Å². The largest absolute Gasteiger partial charge is 0.326 e. The fourth-order valence-corrected chi connectivity index (χ4v) is 3.94. The van der Waals surface area contributed by atoms with E-state index >= 15 is 0 Å². The highest BCUT2D eigenvalue weighted by molar-refractivity contribution is 7.07. The minimum absolute atomic E-state index is 0.158. The predicted octanol–water partition coefficient (Wildman–Crippen LogP) is 3.24. The van der Waals surface area contributed by atoms with Gasteiger partial charge in [0, 0.05) is 19.1 Å². The second kappa shape index (κ2) is 6.08. The highest BCUT2D eigenvalue weighted by Crippen LogP contribution is 2.28. The number of nitrogens with zero attached hydrogens (tertiary/aromatic N) is 1. The predicted molar refractivity (Wildman–Crippen MR) is 86.1 cm³/mol. The van der Waals surface area contributed by atoms with Crippen molar-refractivity contribution in [2.75, 3.05) is 13.1 Å². The molecule has 0 bridgehead atoms. The average molecular weight is 286 g/mol. The van der Waals surface area contributed by atoms with Gasteiger partial charge in [-0.05, 0) is 53.3 Å². The van der Waals surface area contributed by atoms with Gasteiger partial charge < -0.3 is 5.73 Å². The summed E-state index contributed by atoms with van der Waals surface area (Å²) >= 11 is 1.76. The van der Waals surface area contributed by atoms with Crippen molar-refractivity contribution in [1.82, 2.24) is 4.90 Å². The zero-order valence-electron chi connectivity index (χ0n) is 12.0. The van der Waals surface area contributed by atoms with E-state index in [9.17, 15) is 0 Å². The summed E-state index contributed by atoms with van der Waals surface area (Å²) in [6.45, 7) is 4.32. The van der Waals surface area contributed by atoms with Gasteiger partial charge in [0.25, 0.3) is 0 Å². The molecular formula is C17H22N2S. The van der Waals surface area contributed by atoms with Crippen molar-refractivity contribution in [1.29, 1.82) is 0 Å². The SMILES string of the molecule is CC(N)C(c1ccsc1)N1CCc2ccccc2CC1.